The van der Waals surface area contributed by atoms with Crippen LogP contribution in [-0.4, -0.2) is 27.8 Å². The average molecular weight is 437 g/mol. The molecule has 6 nitrogen and oxygen atoms in total. The first kappa shape index (κ1) is 22.4. The summed E-state index contributed by atoms with van der Waals surface area (Å²) >= 11 is 5.90. The summed E-state index contributed by atoms with van der Waals surface area (Å²) in [7, 11) is 0. The number of benzene rings is 2. The Morgan fingerprint density at radius 2 is 1.58 bits per heavy atom. The molecule has 0 saturated heterocycles. The van der Waals surface area contributed by atoms with Crippen molar-refractivity contribution in [2.75, 3.05) is 5.32 Å². The number of hydrogen-bond donors (Lipinski definition) is 2. The predicted molar refractivity (Wildman–Crippen MR) is 122 cm³/mol. The molecule has 1 heterocycles. The number of rotatable bonds is 6. The van der Waals surface area contributed by atoms with Crippen molar-refractivity contribution < 1.29 is 9.59 Å². The summed E-state index contributed by atoms with van der Waals surface area (Å²) in [5.74, 6) is -0.0206. The molecule has 1 atom stereocenters. The molecular weight excluding hydrogens is 412 g/mol. The van der Waals surface area contributed by atoms with Gasteiger partial charge in [-0.05, 0) is 29.8 Å². The predicted octanol–water partition coefficient (Wildman–Crippen LogP) is 4.41. The number of nitrogens with zero attached hydrogens (tertiary/aromatic N) is 2. The second kappa shape index (κ2) is 9.71. The number of hydrogen-bond acceptors (Lipinski definition) is 4. The van der Waals surface area contributed by atoms with Gasteiger partial charge in [-0.15, -0.1) is 0 Å². The standard InChI is InChI=1S/C24H25ClN4O2/c1-24(2,3)23-26-14-19(15-27-23)28-22(31)20(13-16-7-5-4-6-8-16)29-21(30)17-9-11-18(25)12-10-17/h4-12,14-15,20H,13H2,1-3H3,(H,28,31)(H,29,30). The van der Waals surface area contributed by atoms with Crippen LogP contribution < -0.4 is 10.6 Å². The van der Waals surface area contributed by atoms with Crippen molar-refractivity contribution in [3.8, 4) is 0 Å². The second-order valence-electron chi connectivity index (χ2n) is 8.26. The molecule has 3 rings (SSSR count). The van der Waals surface area contributed by atoms with Gasteiger partial charge in [0.2, 0.25) is 5.91 Å². The van der Waals surface area contributed by atoms with E-state index < -0.39 is 6.04 Å². The Bertz CT molecular complexity index is 1030. The van der Waals surface area contributed by atoms with Crippen molar-refractivity contribution in [2.45, 2.75) is 38.6 Å². The SMILES string of the molecule is CC(C)(C)c1ncc(NC(=O)C(Cc2ccccc2)NC(=O)c2ccc(Cl)cc2)cn1. The minimum atomic E-state index is -0.784. The molecule has 0 radical (unpaired) electrons. The maximum Gasteiger partial charge on any atom is 0.251 e. The van der Waals surface area contributed by atoms with Crippen LogP contribution in [0.1, 0.15) is 42.5 Å². The quantitative estimate of drug-likeness (QED) is 0.599. The van der Waals surface area contributed by atoms with Crippen LogP contribution >= 0.6 is 11.6 Å². The van der Waals surface area contributed by atoms with Gasteiger partial charge in [0.25, 0.3) is 5.91 Å². The highest BCUT2D eigenvalue weighted by atomic mass is 35.5. The van der Waals surface area contributed by atoms with E-state index in [0.717, 1.165) is 5.56 Å². The highest BCUT2D eigenvalue weighted by molar-refractivity contribution is 6.30. The molecule has 0 spiro atoms. The summed E-state index contributed by atoms with van der Waals surface area (Å²) in [6.07, 6.45) is 3.49. The second-order valence-corrected chi connectivity index (χ2v) is 8.69. The topological polar surface area (TPSA) is 84.0 Å². The molecule has 160 valence electrons. The molecule has 2 aromatic carbocycles. The van der Waals surface area contributed by atoms with E-state index in [1.165, 1.54) is 0 Å². The molecular formula is C24H25ClN4O2. The fraction of sp³-hybridized carbons (Fsp3) is 0.250. The van der Waals surface area contributed by atoms with Crippen LogP contribution in [-0.2, 0) is 16.6 Å². The van der Waals surface area contributed by atoms with Gasteiger partial charge in [-0.3, -0.25) is 9.59 Å². The highest BCUT2D eigenvalue weighted by Crippen LogP contribution is 2.18. The first-order chi connectivity index (χ1) is 14.7. The molecule has 1 aromatic heterocycles. The molecule has 2 N–H and O–H groups in total. The van der Waals surface area contributed by atoms with Crippen molar-refractivity contribution in [3.05, 3.63) is 89.0 Å². The zero-order valence-electron chi connectivity index (χ0n) is 17.7. The van der Waals surface area contributed by atoms with Crippen molar-refractivity contribution in [2.24, 2.45) is 0 Å². The number of anilines is 1. The van der Waals surface area contributed by atoms with Crippen molar-refractivity contribution in [3.63, 3.8) is 0 Å². The van der Waals surface area contributed by atoms with Crippen LogP contribution in [0, 0.1) is 0 Å². The van der Waals surface area contributed by atoms with Gasteiger partial charge in [0, 0.05) is 22.4 Å². The number of carbonyl (C=O) groups excluding carboxylic acids is 2. The third-order valence-corrected chi connectivity index (χ3v) is 4.85. The van der Waals surface area contributed by atoms with E-state index in [1.807, 2.05) is 51.1 Å². The van der Waals surface area contributed by atoms with Gasteiger partial charge in [-0.1, -0.05) is 62.7 Å². The third-order valence-electron chi connectivity index (χ3n) is 4.60. The largest absolute Gasteiger partial charge is 0.340 e. The Kier molecular flexibility index (Phi) is 7.02. The van der Waals surface area contributed by atoms with Gasteiger partial charge in [0.15, 0.2) is 0 Å². The van der Waals surface area contributed by atoms with Crippen molar-refractivity contribution in [1.82, 2.24) is 15.3 Å². The lowest BCUT2D eigenvalue weighted by atomic mass is 9.96. The fourth-order valence-electron chi connectivity index (χ4n) is 2.91. The summed E-state index contributed by atoms with van der Waals surface area (Å²) < 4.78 is 0. The lowest BCUT2D eigenvalue weighted by molar-refractivity contribution is -0.118. The molecule has 7 heteroatoms. The molecule has 0 aliphatic carbocycles. The zero-order chi connectivity index (χ0) is 22.4. The van der Waals surface area contributed by atoms with Crippen molar-refractivity contribution >= 4 is 29.1 Å². The van der Waals surface area contributed by atoms with Crippen LogP contribution in [0.25, 0.3) is 0 Å². The number of carbonyl (C=O) groups is 2. The molecule has 0 bridgehead atoms. The summed E-state index contributed by atoms with van der Waals surface area (Å²) in [6, 6.07) is 15.2. The van der Waals surface area contributed by atoms with Crippen LogP contribution in [0.2, 0.25) is 5.02 Å². The van der Waals surface area contributed by atoms with E-state index in [4.69, 9.17) is 11.6 Å². The Hall–Kier alpha value is -3.25. The van der Waals surface area contributed by atoms with E-state index in [-0.39, 0.29) is 17.2 Å². The number of halogens is 1. The molecule has 3 aromatic rings. The van der Waals surface area contributed by atoms with E-state index >= 15 is 0 Å². The summed E-state index contributed by atoms with van der Waals surface area (Å²) in [4.78, 5) is 34.4. The van der Waals surface area contributed by atoms with Gasteiger partial charge < -0.3 is 10.6 Å². The third kappa shape index (κ3) is 6.36. The summed E-state index contributed by atoms with van der Waals surface area (Å²) in [5, 5.41) is 6.17. The Morgan fingerprint density at radius 1 is 0.968 bits per heavy atom. The molecule has 0 aliphatic rings. The maximum absolute atomic E-state index is 13.0. The summed E-state index contributed by atoms with van der Waals surface area (Å²) in [6.45, 7) is 6.05. The maximum atomic E-state index is 13.0. The minimum Gasteiger partial charge on any atom is -0.340 e. The highest BCUT2D eigenvalue weighted by Gasteiger charge is 2.23. The van der Waals surface area contributed by atoms with E-state index in [9.17, 15) is 9.59 Å². The van der Waals surface area contributed by atoms with Gasteiger partial charge in [-0.2, -0.15) is 0 Å². The smallest absolute Gasteiger partial charge is 0.251 e. The van der Waals surface area contributed by atoms with Crippen LogP contribution in [0.4, 0.5) is 5.69 Å². The molecule has 0 fully saturated rings. The number of nitrogens with one attached hydrogen (secondary N) is 2. The Morgan fingerprint density at radius 3 is 2.16 bits per heavy atom. The molecule has 31 heavy (non-hydrogen) atoms. The zero-order valence-corrected chi connectivity index (χ0v) is 18.5. The first-order valence-electron chi connectivity index (χ1n) is 9.96. The van der Waals surface area contributed by atoms with Gasteiger partial charge in [0.05, 0.1) is 18.1 Å². The first-order valence-corrected chi connectivity index (χ1v) is 10.3. The molecule has 0 saturated carbocycles. The number of amides is 2. The average Bonchev–Trinajstić information content (AvgIpc) is 2.74. The lowest BCUT2D eigenvalue weighted by Gasteiger charge is -2.19. The van der Waals surface area contributed by atoms with Crippen LogP contribution in [0.5, 0.6) is 0 Å². The van der Waals surface area contributed by atoms with Gasteiger partial charge in [-0.25, -0.2) is 9.97 Å². The monoisotopic (exact) mass is 436 g/mol. The molecule has 1 unspecified atom stereocenters. The van der Waals surface area contributed by atoms with Crippen LogP contribution in [0.3, 0.4) is 0 Å². The van der Waals surface area contributed by atoms with E-state index in [1.54, 1.807) is 36.7 Å². The van der Waals surface area contributed by atoms with Gasteiger partial charge in [0.1, 0.15) is 11.9 Å². The van der Waals surface area contributed by atoms with Crippen LogP contribution in [0.15, 0.2) is 67.0 Å². The Labute approximate surface area is 187 Å². The Balaban J connectivity index is 1.77. The van der Waals surface area contributed by atoms with E-state index in [0.29, 0.717) is 28.5 Å². The minimum absolute atomic E-state index is 0.190. The fourth-order valence-corrected chi connectivity index (χ4v) is 3.04. The van der Waals surface area contributed by atoms with Crippen molar-refractivity contribution in [1.29, 1.82) is 0 Å². The van der Waals surface area contributed by atoms with E-state index in [2.05, 4.69) is 20.6 Å². The lowest BCUT2D eigenvalue weighted by Crippen LogP contribution is -2.45. The molecule has 2 amide bonds. The summed E-state index contributed by atoms with van der Waals surface area (Å²) in [5.41, 5.74) is 1.63. The number of aromatic nitrogens is 2. The van der Waals surface area contributed by atoms with Gasteiger partial charge >= 0.3 is 0 Å². The molecule has 0 aliphatic heterocycles. The normalized spacial score (nSPS) is 12.1.